The number of hydrogen-bond donors (Lipinski definition) is 0. The molecule has 0 fully saturated rings. The first-order valence-corrected chi connectivity index (χ1v) is 5.57. The number of ether oxygens (including phenoxy) is 1. The first kappa shape index (κ1) is 10.9. The molecule has 2 aromatic rings. The first-order chi connectivity index (χ1) is 7.59. The molecule has 16 heavy (non-hydrogen) atoms. The Balaban J connectivity index is 2.59. The maximum atomic E-state index is 5.70. The molecule has 0 amide bonds. The number of rotatable bonds is 3. The van der Waals surface area contributed by atoms with E-state index < -0.39 is 0 Å². The number of pyridine rings is 1. The molecule has 4 heteroatoms. The minimum absolute atomic E-state index is 0.119. The van der Waals surface area contributed by atoms with Crippen molar-refractivity contribution >= 4 is 11.0 Å². The van der Waals surface area contributed by atoms with Gasteiger partial charge >= 0.3 is 0 Å². The van der Waals surface area contributed by atoms with E-state index >= 15 is 0 Å². The Kier molecular flexibility index (Phi) is 2.81. The number of hydrogen-bond acceptors (Lipinski definition) is 3. The van der Waals surface area contributed by atoms with Crippen LogP contribution in [0.25, 0.3) is 11.0 Å². The van der Waals surface area contributed by atoms with Crippen molar-refractivity contribution in [2.75, 3.05) is 0 Å². The van der Waals surface area contributed by atoms with Crippen molar-refractivity contribution in [1.29, 1.82) is 0 Å². The highest BCUT2D eigenvalue weighted by atomic mass is 16.5. The van der Waals surface area contributed by atoms with Crippen molar-refractivity contribution in [1.82, 2.24) is 14.5 Å². The summed E-state index contributed by atoms with van der Waals surface area (Å²) in [6.07, 6.45) is 3.69. The largest absolute Gasteiger partial charge is 0.473 e. The van der Waals surface area contributed by atoms with Crippen LogP contribution < -0.4 is 4.74 Å². The second-order valence-electron chi connectivity index (χ2n) is 4.40. The van der Waals surface area contributed by atoms with Crippen molar-refractivity contribution < 1.29 is 4.74 Å². The van der Waals surface area contributed by atoms with Crippen LogP contribution in [-0.2, 0) is 0 Å². The summed E-state index contributed by atoms with van der Waals surface area (Å²) in [6, 6.07) is 2.25. The van der Waals surface area contributed by atoms with Gasteiger partial charge in [0.05, 0.1) is 17.9 Å². The Morgan fingerprint density at radius 1 is 1.19 bits per heavy atom. The molecule has 86 valence electrons. The summed E-state index contributed by atoms with van der Waals surface area (Å²) in [6.45, 7) is 8.23. The lowest BCUT2D eigenvalue weighted by Gasteiger charge is -2.13. The van der Waals surface area contributed by atoms with Gasteiger partial charge in [-0.05, 0) is 33.8 Å². The molecule has 2 heterocycles. The molecular weight excluding hydrogens is 202 g/mol. The van der Waals surface area contributed by atoms with Crippen molar-refractivity contribution in [3.8, 4) is 5.88 Å². The fourth-order valence-corrected chi connectivity index (χ4v) is 1.66. The minimum atomic E-state index is 0.119. The van der Waals surface area contributed by atoms with E-state index in [1.807, 2.05) is 26.2 Å². The molecule has 4 nitrogen and oxygen atoms in total. The molecule has 0 spiro atoms. The van der Waals surface area contributed by atoms with Crippen LogP contribution in [0.2, 0.25) is 0 Å². The van der Waals surface area contributed by atoms with Gasteiger partial charge in [0.2, 0.25) is 5.88 Å². The molecule has 0 aliphatic heterocycles. The van der Waals surface area contributed by atoms with Gasteiger partial charge in [0.1, 0.15) is 5.52 Å². The van der Waals surface area contributed by atoms with Gasteiger partial charge in [-0.3, -0.25) is 0 Å². The molecule has 0 aromatic carbocycles. The highest BCUT2D eigenvalue weighted by Gasteiger charge is 2.13. The third-order valence-corrected chi connectivity index (χ3v) is 2.35. The second-order valence-corrected chi connectivity index (χ2v) is 4.40. The Labute approximate surface area is 95.3 Å². The van der Waals surface area contributed by atoms with Crippen molar-refractivity contribution in [3.05, 3.63) is 18.6 Å². The standard InChI is InChI=1S/C12H17N3O/c1-8(2)15-7-14-10-5-6-13-12(11(10)15)16-9(3)4/h5-9H,1-4H3. The average Bonchev–Trinajstić information content (AvgIpc) is 2.61. The predicted octanol–water partition coefficient (Wildman–Crippen LogP) is 2.80. The fourth-order valence-electron chi connectivity index (χ4n) is 1.66. The molecule has 0 saturated heterocycles. The Morgan fingerprint density at radius 3 is 2.56 bits per heavy atom. The van der Waals surface area contributed by atoms with E-state index in [-0.39, 0.29) is 6.10 Å². The molecule has 0 bridgehead atoms. The number of nitrogens with zero attached hydrogens (tertiary/aromatic N) is 3. The summed E-state index contributed by atoms with van der Waals surface area (Å²) in [7, 11) is 0. The topological polar surface area (TPSA) is 39.9 Å². The molecule has 0 aliphatic carbocycles. The van der Waals surface area contributed by atoms with E-state index in [2.05, 4.69) is 28.4 Å². The van der Waals surface area contributed by atoms with E-state index in [0.29, 0.717) is 11.9 Å². The lowest BCUT2D eigenvalue weighted by molar-refractivity contribution is 0.234. The number of aromatic nitrogens is 3. The van der Waals surface area contributed by atoms with E-state index in [1.54, 1.807) is 6.20 Å². The van der Waals surface area contributed by atoms with Gasteiger partial charge < -0.3 is 9.30 Å². The van der Waals surface area contributed by atoms with E-state index in [0.717, 1.165) is 11.0 Å². The molecular formula is C12H17N3O. The molecule has 0 unspecified atom stereocenters. The average molecular weight is 219 g/mol. The van der Waals surface area contributed by atoms with Crippen molar-refractivity contribution in [3.63, 3.8) is 0 Å². The van der Waals surface area contributed by atoms with Crippen LogP contribution in [0.1, 0.15) is 33.7 Å². The normalized spacial score (nSPS) is 11.6. The zero-order valence-electron chi connectivity index (χ0n) is 10.1. The van der Waals surface area contributed by atoms with Gasteiger partial charge in [-0.1, -0.05) is 0 Å². The summed E-state index contributed by atoms with van der Waals surface area (Å²) < 4.78 is 7.79. The Bertz CT molecular complexity index is 488. The van der Waals surface area contributed by atoms with Crippen LogP contribution in [-0.4, -0.2) is 20.6 Å². The maximum absolute atomic E-state index is 5.70. The predicted molar refractivity (Wildman–Crippen MR) is 63.7 cm³/mol. The van der Waals surface area contributed by atoms with E-state index in [4.69, 9.17) is 4.74 Å². The smallest absolute Gasteiger partial charge is 0.240 e. The summed E-state index contributed by atoms with van der Waals surface area (Å²) in [5.74, 6) is 0.665. The quantitative estimate of drug-likeness (QED) is 0.797. The zero-order chi connectivity index (χ0) is 11.7. The molecule has 0 aliphatic rings. The molecule has 2 rings (SSSR count). The summed E-state index contributed by atoms with van der Waals surface area (Å²) in [4.78, 5) is 8.63. The minimum Gasteiger partial charge on any atom is -0.473 e. The van der Waals surface area contributed by atoms with Crippen molar-refractivity contribution in [2.24, 2.45) is 0 Å². The zero-order valence-corrected chi connectivity index (χ0v) is 10.1. The van der Waals surface area contributed by atoms with E-state index in [1.165, 1.54) is 0 Å². The highest BCUT2D eigenvalue weighted by molar-refractivity contribution is 5.80. The van der Waals surface area contributed by atoms with E-state index in [9.17, 15) is 0 Å². The van der Waals surface area contributed by atoms with Gasteiger partial charge in [0.25, 0.3) is 0 Å². The SMILES string of the molecule is CC(C)Oc1nccc2ncn(C(C)C)c12. The van der Waals surface area contributed by atoms with Gasteiger partial charge in [-0.15, -0.1) is 0 Å². The summed E-state index contributed by atoms with van der Waals surface area (Å²) in [5.41, 5.74) is 1.91. The van der Waals surface area contributed by atoms with Crippen LogP contribution in [0.5, 0.6) is 5.88 Å². The van der Waals surface area contributed by atoms with Gasteiger partial charge in [-0.25, -0.2) is 9.97 Å². The lowest BCUT2D eigenvalue weighted by atomic mass is 10.3. The number of fused-ring (bicyclic) bond motifs is 1. The third-order valence-electron chi connectivity index (χ3n) is 2.35. The summed E-state index contributed by atoms with van der Waals surface area (Å²) >= 11 is 0. The maximum Gasteiger partial charge on any atom is 0.240 e. The highest BCUT2D eigenvalue weighted by Crippen LogP contribution is 2.25. The molecule has 0 N–H and O–H groups in total. The monoisotopic (exact) mass is 219 g/mol. The van der Waals surface area contributed by atoms with Crippen LogP contribution in [0.4, 0.5) is 0 Å². The molecule has 0 saturated carbocycles. The fraction of sp³-hybridized carbons (Fsp3) is 0.500. The summed E-state index contributed by atoms with van der Waals surface area (Å²) in [5, 5.41) is 0. The number of imidazole rings is 1. The van der Waals surface area contributed by atoms with Gasteiger partial charge in [0, 0.05) is 12.2 Å². The van der Waals surface area contributed by atoms with Crippen LogP contribution in [0.15, 0.2) is 18.6 Å². The van der Waals surface area contributed by atoms with Crippen LogP contribution >= 0.6 is 0 Å². The van der Waals surface area contributed by atoms with Crippen molar-refractivity contribution in [2.45, 2.75) is 39.8 Å². The first-order valence-electron chi connectivity index (χ1n) is 5.57. The lowest BCUT2D eigenvalue weighted by Crippen LogP contribution is -2.09. The van der Waals surface area contributed by atoms with Gasteiger partial charge in [0.15, 0.2) is 0 Å². The molecule has 2 aromatic heterocycles. The molecule has 0 atom stereocenters. The second kappa shape index (κ2) is 4.12. The third kappa shape index (κ3) is 1.87. The Hall–Kier alpha value is -1.58. The Morgan fingerprint density at radius 2 is 1.94 bits per heavy atom. The van der Waals surface area contributed by atoms with Crippen LogP contribution in [0.3, 0.4) is 0 Å². The van der Waals surface area contributed by atoms with Crippen LogP contribution in [0, 0.1) is 0 Å². The molecule has 0 radical (unpaired) electrons. The van der Waals surface area contributed by atoms with Gasteiger partial charge in [-0.2, -0.15) is 0 Å².